The number of fused-ring (bicyclic) bond motifs is 3. The van der Waals surface area contributed by atoms with Gasteiger partial charge in [-0.2, -0.15) is 0 Å². The van der Waals surface area contributed by atoms with Crippen LogP contribution in [-0.4, -0.2) is 0 Å². The van der Waals surface area contributed by atoms with Gasteiger partial charge in [-0.15, -0.1) is 0 Å². The van der Waals surface area contributed by atoms with Gasteiger partial charge < -0.3 is 4.90 Å². The standard InChI is InChI=1S/C31H23N/c1-3-12-26(13-4-1)32(27-14-5-2-6-15-27)31-18-10-9-17-29(31)25-20-19-24-21-23-11-7-8-16-28(23)30(24)22-25/h1-20,22H,21H2. The van der Waals surface area contributed by atoms with Gasteiger partial charge in [0.05, 0.1) is 5.69 Å². The summed E-state index contributed by atoms with van der Waals surface area (Å²) in [6.45, 7) is 0. The van der Waals surface area contributed by atoms with E-state index < -0.39 is 0 Å². The Labute approximate surface area is 189 Å². The molecule has 1 aliphatic carbocycles. The zero-order valence-electron chi connectivity index (χ0n) is 17.8. The van der Waals surface area contributed by atoms with E-state index in [4.69, 9.17) is 0 Å². The molecular formula is C31H23N. The average Bonchev–Trinajstić information content (AvgIpc) is 3.24. The lowest BCUT2D eigenvalue weighted by Gasteiger charge is -2.28. The molecule has 1 nitrogen and oxygen atoms in total. The van der Waals surface area contributed by atoms with Gasteiger partial charge in [0.1, 0.15) is 0 Å². The van der Waals surface area contributed by atoms with Crippen LogP contribution in [0.1, 0.15) is 11.1 Å². The van der Waals surface area contributed by atoms with Crippen LogP contribution in [0.15, 0.2) is 127 Å². The molecule has 0 N–H and O–H groups in total. The number of rotatable bonds is 4. The van der Waals surface area contributed by atoms with Gasteiger partial charge >= 0.3 is 0 Å². The molecule has 32 heavy (non-hydrogen) atoms. The van der Waals surface area contributed by atoms with Crippen molar-refractivity contribution in [1.82, 2.24) is 0 Å². The largest absolute Gasteiger partial charge is 0.310 e. The average molecular weight is 410 g/mol. The van der Waals surface area contributed by atoms with Crippen molar-refractivity contribution in [2.75, 3.05) is 4.90 Å². The summed E-state index contributed by atoms with van der Waals surface area (Å²) in [6.07, 6.45) is 1.02. The monoisotopic (exact) mass is 409 g/mol. The highest BCUT2D eigenvalue weighted by Crippen LogP contribution is 2.43. The first-order valence-electron chi connectivity index (χ1n) is 11.1. The highest BCUT2D eigenvalue weighted by atomic mass is 15.1. The molecule has 0 atom stereocenters. The van der Waals surface area contributed by atoms with E-state index in [0.29, 0.717) is 0 Å². The molecule has 0 unspecified atom stereocenters. The second-order valence-corrected chi connectivity index (χ2v) is 8.23. The minimum absolute atomic E-state index is 1.02. The van der Waals surface area contributed by atoms with Crippen LogP contribution in [-0.2, 0) is 6.42 Å². The quantitative estimate of drug-likeness (QED) is 0.282. The van der Waals surface area contributed by atoms with E-state index in [-0.39, 0.29) is 0 Å². The summed E-state index contributed by atoms with van der Waals surface area (Å²) < 4.78 is 0. The fourth-order valence-electron chi connectivity index (χ4n) is 4.79. The molecule has 0 saturated carbocycles. The maximum Gasteiger partial charge on any atom is 0.0540 e. The molecule has 5 aromatic carbocycles. The van der Waals surface area contributed by atoms with Crippen molar-refractivity contribution in [2.24, 2.45) is 0 Å². The topological polar surface area (TPSA) is 3.24 Å². The Morgan fingerprint density at radius 3 is 1.72 bits per heavy atom. The van der Waals surface area contributed by atoms with Crippen molar-refractivity contribution >= 4 is 17.1 Å². The summed E-state index contributed by atoms with van der Waals surface area (Å²) in [6, 6.07) is 45.6. The summed E-state index contributed by atoms with van der Waals surface area (Å²) >= 11 is 0. The first-order valence-corrected chi connectivity index (χ1v) is 11.1. The van der Waals surface area contributed by atoms with Crippen molar-refractivity contribution < 1.29 is 0 Å². The molecule has 0 spiro atoms. The smallest absolute Gasteiger partial charge is 0.0540 e. The molecule has 0 fully saturated rings. The van der Waals surface area contributed by atoms with Gasteiger partial charge in [-0.1, -0.05) is 91.0 Å². The highest BCUT2D eigenvalue weighted by Gasteiger charge is 2.20. The van der Waals surface area contributed by atoms with Crippen molar-refractivity contribution in [3.05, 3.63) is 139 Å². The fourth-order valence-corrected chi connectivity index (χ4v) is 4.79. The van der Waals surface area contributed by atoms with Crippen LogP contribution < -0.4 is 4.90 Å². The van der Waals surface area contributed by atoms with Gasteiger partial charge in [-0.3, -0.25) is 0 Å². The molecule has 0 radical (unpaired) electrons. The zero-order chi connectivity index (χ0) is 21.3. The molecule has 0 bridgehead atoms. The van der Waals surface area contributed by atoms with Crippen molar-refractivity contribution in [3.63, 3.8) is 0 Å². The van der Waals surface area contributed by atoms with Crippen LogP contribution in [0, 0.1) is 0 Å². The minimum atomic E-state index is 1.02. The van der Waals surface area contributed by atoms with Gasteiger partial charge in [-0.25, -0.2) is 0 Å². The number of para-hydroxylation sites is 3. The number of hydrogen-bond acceptors (Lipinski definition) is 1. The Bertz CT molecular complexity index is 1350. The number of anilines is 3. The van der Waals surface area contributed by atoms with E-state index in [1.165, 1.54) is 39.1 Å². The van der Waals surface area contributed by atoms with Crippen molar-refractivity contribution in [1.29, 1.82) is 0 Å². The predicted octanol–water partition coefficient (Wildman–Crippen LogP) is 8.39. The van der Waals surface area contributed by atoms with Gasteiger partial charge in [0.15, 0.2) is 0 Å². The first kappa shape index (κ1) is 18.7. The molecule has 0 aliphatic heterocycles. The lowest BCUT2D eigenvalue weighted by Crippen LogP contribution is -2.10. The highest BCUT2D eigenvalue weighted by molar-refractivity contribution is 5.90. The molecule has 152 valence electrons. The van der Waals surface area contributed by atoms with Crippen molar-refractivity contribution in [3.8, 4) is 22.3 Å². The van der Waals surface area contributed by atoms with Gasteiger partial charge in [-0.05, 0) is 70.6 Å². The Balaban J connectivity index is 1.53. The summed E-state index contributed by atoms with van der Waals surface area (Å²) in [5.74, 6) is 0. The van der Waals surface area contributed by atoms with Crippen LogP contribution in [0.5, 0.6) is 0 Å². The van der Waals surface area contributed by atoms with Crippen LogP contribution in [0.4, 0.5) is 17.1 Å². The maximum atomic E-state index is 2.37. The summed E-state index contributed by atoms with van der Waals surface area (Å²) in [5, 5.41) is 0. The number of hydrogen-bond donors (Lipinski definition) is 0. The lowest BCUT2D eigenvalue weighted by molar-refractivity contribution is 1.26. The molecule has 6 rings (SSSR count). The lowest BCUT2D eigenvalue weighted by atomic mass is 9.96. The minimum Gasteiger partial charge on any atom is -0.310 e. The molecular weight excluding hydrogens is 386 g/mol. The number of benzene rings is 5. The third-order valence-electron chi connectivity index (χ3n) is 6.28. The van der Waals surface area contributed by atoms with E-state index in [9.17, 15) is 0 Å². The SMILES string of the molecule is c1ccc(N(c2ccccc2)c2ccccc2-c2ccc3c(c2)-c2ccccc2C3)cc1. The molecule has 0 saturated heterocycles. The molecule has 1 aliphatic rings. The molecule has 0 heterocycles. The Morgan fingerprint density at radius 2 is 1.00 bits per heavy atom. The van der Waals surface area contributed by atoms with Gasteiger partial charge in [0.2, 0.25) is 0 Å². The Kier molecular flexibility index (Phi) is 4.58. The second-order valence-electron chi connectivity index (χ2n) is 8.23. The van der Waals surface area contributed by atoms with E-state index >= 15 is 0 Å². The van der Waals surface area contributed by atoms with E-state index in [1.807, 2.05) is 0 Å². The molecule has 5 aromatic rings. The summed E-state index contributed by atoms with van der Waals surface area (Å²) in [5.41, 5.74) is 11.5. The molecule has 0 aromatic heterocycles. The van der Waals surface area contributed by atoms with Crippen LogP contribution in [0.2, 0.25) is 0 Å². The zero-order valence-corrected chi connectivity index (χ0v) is 17.8. The van der Waals surface area contributed by atoms with Crippen molar-refractivity contribution in [2.45, 2.75) is 6.42 Å². The van der Waals surface area contributed by atoms with E-state index in [1.54, 1.807) is 0 Å². The van der Waals surface area contributed by atoms with Crippen LogP contribution >= 0.6 is 0 Å². The molecule has 0 amide bonds. The van der Waals surface area contributed by atoms with Gasteiger partial charge in [0.25, 0.3) is 0 Å². The third kappa shape index (κ3) is 3.19. The Hall–Kier alpha value is -4.10. The first-order chi connectivity index (χ1) is 15.9. The molecule has 1 heteroatoms. The van der Waals surface area contributed by atoms with Gasteiger partial charge in [0, 0.05) is 16.9 Å². The van der Waals surface area contributed by atoms with E-state index in [2.05, 4.69) is 132 Å². The fraction of sp³-hybridized carbons (Fsp3) is 0.0323. The second kappa shape index (κ2) is 7.86. The third-order valence-corrected chi connectivity index (χ3v) is 6.28. The van der Waals surface area contributed by atoms with Crippen LogP contribution in [0.3, 0.4) is 0 Å². The normalized spacial score (nSPS) is 11.6. The summed E-state index contributed by atoms with van der Waals surface area (Å²) in [7, 11) is 0. The Morgan fingerprint density at radius 1 is 0.438 bits per heavy atom. The summed E-state index contributed by atoms with van der Waals surface area (Å²) in [4.78, 5) is 2.34. The maximum absolute atomic E-state index is 2.37. The van der Waals surface area contributed by atoms with Crippen LogP contribution in [0.25, 0.3) is 22.3 Å². The van der Waals surface area contributed by atoms with E-state index in [0.717, 1.165) is 17.8 Å². The number of nitrogens with zero attached hydrogens (tertiary/aromatic N) is 1. The predicted molar refractivity (Wildman–Crippen MR) is 135 cm³/mol.